The smallest absolute Gasteiger partial charge is 0.343 e. The van der Waals surface area contributed by atoms with Gasteiger partial charge in [0.05, 0.1) is 12.2 Å². The van der Waals surface area contributed by atoms with E-state index in [9.17, 15) is 9.59 Å². The van der Waals surface area contributed by atoms with E-state index in [4.69, 9.17) is 18.9 Å². The lowest BCUT2D eigenvalue weighted by molar-refractivity contribution is 0.0699. The number of aromatic amines is 1. The number of hydrogen-bond donors (Lipinski definition) is 1. The molecule has 1 aromatic heterocycles. The Balaban J connectivity index is 1.33. The third-order valence-electron chi connectivity index (χ3n) is 7.14. The van der Waals surface area contributed by atoms with E-state index in [0.29, 0.717) is 11.3 Å². The molecule has 0 atom stereocenters. The van der Waals surface area contributed by atoms with Gasteiger partial charge in [-0.3, -0.25) is 4.79 Å². The molecule has 0 saturated carbocycles. The number of Topliss-reactive ketones (excluding diaryl/α,β-unsaturated/α-hetero) is 1. The average Bonchev–Trinajstić information content (AvgIpc) is 3.56. The number of H-pyrrole nitrogens is 1. The van der Waals surface area contributed by atoms with E-state index >= 15 is 0 Å². The molecule has 0 aliphatic rings. The number of esters is 1. The molecule has 0 aliphatic heterocycles. The van der Waals surface area contributed by atoms with Crippen molar-refractivity contribution < 1.29 is 28.5 Å². The van der Waals surface area contributed by atoms with Crippen LogP contribution in [-0.4, -0.2) is 23.3 Å². The largest absolute Gasteiger partial charge is 0.489 e. The molecule has 0 saturated heterocycles. The third kappa shape index (κ3) is 7.65. The molecule has 0 aliphatic carbocycles. The van der Waals surface area contributed by atoms with E-state index in [-0.39, 0.29) is 43.5 Å². The number of hydrogen-bond acceptors (Lipinski definition) is 6. The first-order valence-corrected chi connectivity index (χ1v) is 14.6. The van der Waals surface area contributed by atoms with Gasteiger partial charge in [-0.1, -0.05) is 97.1 Å². The number of carbonyl (C=O) groups is 2. The van der Waals surface area contributed by atoms with Crippen molar-refractivity contribution in [2.45, 2.75) is 19.8 Å². The molecule has 7 heteroatoms. The molecule has 0 bridgehead atoms. The molecular weight excluding hydrogens is 566 g/mol. The summed E-state index contributed by atoms with van der Waals surface area (Å²) in [7, 11) is 0. The molecule has 224 valence electrons. The lowest BCUT2D eigenvalue weighted by Gasteiger charge is -2.18. The molecule has 0 amide bonds. The van der Waals surface area contributed by atoms with Crippen LogP contribution in [0.2, 0.25) is 0 Å². The van der Waals surface area contributed by atoms with E-state index in [2.05, 4.69) is 4.98 Å². The third-order valence-corrected chi connectivity index (χ3v) is 7.14. The molecule has 45 heavy (non-hydrogen) atoms. The van der Waals surface area contributed by atoms with E-state index in [0.717, 1.165) is 27.6 Å². The van der Waals surface area contributed by atoms with Gasteiger partial charge in [-0.2, -0.15) is 0 Å². The predicted molar refractivity (Wildman–Crippen MR) is 172 cm³/mol. The van der Waals surface area contributed by atoms with Crippen molar-refractivity contribution in [2.75, 3.05) is 6.61 Å². The summed E-state index contributed by atoms with van der Waals surface area (Å²) in [6.45, 7) is 0.449. The van der Waals surface area contributed by atoms with Crippen molar-refractivity contribution >= 4 is 22.7 Å². The summed E-state index contributed by atoms with van der Waals surface area (Å²) in [6.07, 6.45) is 1.80. The zero-order valence-electron chi connectivity index (χ0n) is 24.5. The Labute approximate surface area is 261 Å². The molecule has 0 spiro atoms. The van der Waals surface area contributed by atoms with Crippen LogP contribution >= 0.6 is 0 Å². The van der Waals surface area contributed by atoms with Gasteiger partial charge in [-0.05, 0) is 40.3 Å². The van der Waals surface area contributed by atoms with Crippen LogP contribution < -0.4 is 14.2 Å². The van der Waals surface area contributed by atoms with Crippen molar-refractivity contribution in [3.8, 4) is 17.2 Å². The van der Waals surface area contributed by atoms with Crippen molar-refractivity contribution in [3.63, 3.8) is 0 Å². The van der Waals surface area contributed by atoms with E-state index in [1.165, 1.54) is 0 Å². The van der Waals surface area contributed by atoms with Crippen LogP contribution in [0.15, 0.2) is 134 Å². The van der Waals surface area contributed by atoms with E-state index < -0.39 is 11.8 Å². The van der Waals surface area contributed by atoms with Gasteiger partial charge in [-0.15, -0.1) is 0 Å². The average molecular weight is 598 g/mol. The summed E-state index contributed by atoms with van der Waals surface area (Å²) >= 11 is 0. The number of ketones is 1. The summed E-state index contributed by atoms with van der Waals surface area (Å²) in [5.41, 5.74) is 4.01. The van der Waals surface area contributed by atoms with Crippen LogP contribution in [0.4, 0.5) is 0 Å². The minimum Gasteiger partial charge on any atom is -0.489 e. The molecular formula is C38H31NO6. The molecule has 5 aromatic carbocycles. The molecule has 7 nitrogen and oxygen atoms in total. The summed E-state index contributed by atoms with van der Waals surface area (Å²) in [5.74, 6) is -0.397. The summed E-state index contributed by atoms with van der Waals surface area (Å²) < 4.78 is 24.1. The minimum atomic E-state index is -0.625. The normalized spacial score (nSPS) is 10.8. The quantitative estimate of drug-likeness (QED) is 0.0826. The number of aromatic nitrogens is 1. The number of benzene rings is 5. The second-order valence-electron chi connectivity index (χ2n) is 10.4. The molecule has 0 radical (unpaired) electrons. The van der Waals surface area contributed by atoms with Crippen LogP contribution in [0, 0.1) is 0 Å². The maximum Gasteiger partial charge on any atom is 0.343 e. The first-order chi connectivity index (χ1) is 22.1. The van der Waals surface area contributed by atoms with Crippen molar-refractivity contribution in [1.82, 2.24) is 4.98 Å². The Morgan fingerprint density at radius 2 is 1.20 bits per heavy atom. The number of rotatable bonds is 13. The topological polar surface area (TPSA) is 86.8 Å². The zero-order chi connectivity index (χ0) is 30.8. The van der Waals surface area contributed by atoms with Gasteiger partial charge in [0, 0.05) is 23.8 Å². The molecule has 0 fully saturated rings. The highest BCUT2D eigenvalue weighted by molar-refractivity contribution is 6.04. The van der Waals surface area contributed by atoms with Crippen LogP contribution in [0.1, 0.15) is 37.4 Å². The van der Waals surface area contributed by atoms with Crippen LogP contribution in [0.3, 0.4) is 0 Å². The SMILES string of the molecule is O=C(Oc1cc(OCc2ccccc2)cc(OCc2ccccc2)c1C(=O)COCc1ccccc1)c1ccc2cc[nH]c2c1. The predicted octanol–water partition coefficient (Wildman–Crippen LogP) is 7.94. The highest BCUT2D eigenvalue weighted by Crippen LogP contribution is 2.36. The van der Waals surface area contributed by atoms with Gasteiger partial charge in [0.25, 0.3) is 0 Å². The summed E-state index contributed by atoms with van der Waals surface area (Å²) in [4.78, 5) is 30.4. The fourth-order valence-corrected chi connectivity index (χ4v) is 4.84. The van der Waals surface area contributed by atoms with E-state index in [1.807, 2.05) is 103 Å². The number of fused-ring (bicyclic) bond motifs is 1. The van der Waals surface area contributed by atoms with Crippen LogP contribution in [-0.2, 0) is 24.6 Å². The second kappa shape index (κ2) is 14.2. The first-order valence-electron chi connectivity index (χ1n) is 14.6. The van der Waals surface area contributed by atoms with Gasteiger partial charge in [0.15, 0.2) is 5.78 Å². The van der Waals surface area contributed by atoms with Gasteiger partial charge in [-0.25, -0.2) is 4.79 Å². The fourth-order valence-electron chi connectivity index (χ4n) is 4.84. The van der Waals surface area contributed by atoms with Gasteiger partial charge in [0.1, 0.15) is 42.6 Å². The highest BCUT2D eigenvalue weighted by Gasteiger charge is 2.24. The molecule has 0 unspecified atom stereocenters. The van der Waals surface area contributed by atoms with Crippen LogP contribution in [0.5, 0.6) is 17.2 Å². The van der Waals surface area contributed by atoms with Gasteiger partial charge < -0.3 is 23.9 Å². The van der Waals surface area contributed by atoms with E-state index in [1.54, 1.807) is 30.5 Å². The summed E-state index contributed by atoms with van der Waals surface area (Å²) in [5, 5.41) is 0.964. The maximum atomic E-state index is 13.8. The minimum absolute atomic E-state index is 0.0218. The Hall–Kier alpha value is -5.66. The van der Waals surface area contributed by atoms with Crippen molar-refractivity contribution in [3.05, 3.63) is 161 Å². The monoisotopic (exact) mass is 597 g/mol. The molecule has 1 N–H and O–H groups in total. The Morgan fingerprint density at radius 1 is 0.600 bits per heavy atom. The Kier molecular flexibility index (Phi) is 9.29. The Bertz CT molecular complexity index is 1880. The second-order valence-corrected chi connectivity index (χ2v) is 10.4. The first kappa shape index (κ1) is 29.4. The van der Waals surface area contributed by atoms with Gasteiger partial charge >= 0.3 is 5.97 Å². The highest BCUT2D eigenvalue weighted by atomic mass is 16.5. The number of ether oxygens (including phenoxy) is 4. The lowest BCUT2D eigenvalue weighted by atomic mass is 10.1. The number of carbonyl (C=O) groups excluding carboxylic acids is 2. The zero-order valence-corrected chi connectivity index (χ0v) is 24.5. The molecule has 6 aromatic rings. The number of nitrogens with one attached hydrogen (secondary N) is 1. The van der Waals surface area contributed by atoms with Crippen LogP contribution in [0.25, 0.3) is 10.9 Å². The fraction of sp³-hybridized carbons (Fsp3) is 0.105. The van der Waals surface area contributed by atoms with Crippen molar-refractivity contribution in [1.29, 1.82) is 0 Å². The maximum absolute atomic E-state index is 13.8. The van der Waals surface area contributed by atoms with Gasteiger partial charge in [0.2, 0.25) is 0 Å². The summed E-state index contributed by atoms with van der Waals surface area (Å²) in [6, 6.07) is 39.2. The lowest BCUT2D eigenvalue weighted by Crippen LogP contribution is -2.16. The van der Waals surface area contributed by atoms with Crippen molar-refractivity contribution in [2.24, 2.45) is 0 Å². The molecule has 6 rings (SSSR count). The standard InChI is InChI=1S/C38H31NO6/c40-34(26-42-23-27-10-4-1-5-11-27)37-35(44-25-29-14-8-3-9-15-29)21-32(43-24-28-12-6-2-7-13-28)22-36(37)45-38(41)31-17-16-30-18-19-39-33(30)20-31/h1-22,39H,23-26H2. The Morgan fingerprint density at radius 3 is 1.87 bits per heavy atom. The molecule has 1 heterocycles.